The second-order valence-corrected chi connectivity index (χ2v) is 10.2. The van der Waals surface area contributed by atoms with Gasteiger partial charge in [0, 0.05) is 12.1 Å². The van der Waals surface area contributed by atoms with E-state index in [2.05, 4.69) is 15.0 Å². The van der Waals surface area contributed by atoms with Crippen LogP contribution in [0.2, 0.25) is 0 Å². The third-order valence-corrected chi connectivity index (χ3v) is 7.48. The van der Waals surface area contributed by atoms with Gasteiger partial charge in [0.2, 0.25) is 16.8 Å². The molecule has 10 heteroatoms. The molecule has 168 valence electrons. The molecule has 1 aliphatic rings. The van der Waals surface area contributed by atoms with Crippen LogP contribution >= 0.6 is 11.3 Å². The van der Waals surface area contributed by atoms with E-state index in [0.717, 1.165) is 20.8 Å². The van der Waals surface area contributed by atoms with Crippen molar-refractivity contribution in [1.82, 2.24) is 15.0 Å². The maximum absolute atomic E-state index is 12.8. The van der Waals surface area contributed by atoms with Gasteiger partial charge in [-0.25, -0.2) is 18.1 Å². The molecule has 1 amide bonds. The number of fused-ring (bicyclic) bond motifs is 2. The van der Waals surface area contributed by atoms with Gasteiger partial charge in [0.25, 0.3) is 5.91 Å². The highest BCUT2D eigenvalue weighted by Crippen LogP contribution is 2.32. The van der Waals surface area contributed by atoms with Crippen LogP contribution in [0.15, 0.2) is 71.6 Å². The lowest BCUT2D eigenvalue weighted by Crippen LogP contribution is -2.25. The van der Waals surface area contributed by atoms with Crippen LogP contribution in [0.3, 0.4) is 0 Å². The first kappa shape index (κ1) is 21.4. The molecular weight excluding hydrogens is 462 g/mol. The molecule has 0 aliphatic carbocycles. The molecule has 0 spiro atoms. The van der Waals surface area contributed by atoms with Gasteiger partial charge in [0.15, 0.2) is 11.5 Å². The van der Waals surface area contributed by atoms with Gasteiger partial charge in [-0.3, -0.25) is 4.79 Å². The van der Waals surface area contributed by atoms with E-state index in [9.17, 15) is 13.2 Å². The van der Waals surface area contributed by atoms with E-state index in [-0.39, 0.29) is 36.2 Å². The van der Waals surface area contributed by atoms with Crippen molar-refractivity contribution in [1.29, 1.82) is 0 Å². The van der Waals surface area contributed by atoms with E-state index in [1.54, 1.807) is 30.3 Å². The molecular formula is C23H19N3O5S2. The monoisotopic (exact) mass is 481 g/mol. The number of carbonyl (C=O) groups excluding carboxylic acids is 1. The van der Waals surface area contributed by atoms with Crippen molar-refractivity contribution in [2.45, 2.75) is 18.0 Å². The molecule has 0 radical (unpaired) electrons. The topological polar surface area (TPSA) is 107 Å². The lowest BCUT2D eigenvalue weighted by Gasteiger charge is -2.09. The van der Waals surface area contributed by atoms with E-state index in [4.69, 9.17) is 9.47 Å². The minimum atomic E-state index is -3.83. The third-order valence-electron chi connectivity index (χ3n) is 5.05. The van der Waals surface area contributed by atoms with Gasteiger partial charge in [0.05, 0.1) is 21.7 Å². The molecule has 0 saturated carbocycles. The Hall–Kier alpha value is -3.47. The molecule has 0 atom stereocenters. The minimum absolute atomic E-state index is 0.0101. The summed E-state index contributed by atoms with van der Waals surface area (Å²) in [7, 11) is -3.83. The van der Waals surface area contributed by atoms with Gasteiger partial charge >= 0.3 is 0 Å². The smallest absolute Gasteiger partial charge is 0.251 e. The van der Waals surface area contributed by atoms with Crippen molar-refractivity contribution in [3.8, 4) is 11.5 Å². The Morgan fingerprint density at radius 3 is 2.70 bits per heavy atom. The first-order chi connectivity index (χ1) is 16.0. The number of para-hydroxylation sites is 1. The summed E-state index contributed by atoms with van der Waals surface area (Å²) in [5, 5.41) is 3.58. The quantitative estimate of drug-likeness (QED) is 0.419. The summed E-state index contributed by atoms with van der Waals surface area (Å²) in [6, 6.07) is 18.9. The first-order valence-electron chi connectivity index (χ1n) is 10.1. The molecule has 2 N–H and O–H groups in total. The van der Waals surface area contributed by atoms with Crippen LogP contribution in [0.1, 0.15) is 20.9 Å². The molecule has 0 unspecified atom stereocenters. The largest absolute Gasteiger partial charge is 0.454 e. The highest BCUT2D eigenvalue weighted by atomic mass is 32.2. The Morgan fingerprint density at radius 2 is 1.82 bits per heavy atom. The van der Waals surface area contributed by atoms with Crippen LogP contribution in [-0.4, -0.2) is 26.1 Å². The molecule has 3 aromatic carbocycles. The maximum atomic E-state index is 12.8. The van der Waals surface area contributed by atoms with Crippen molar-refractivity contribution >= 4 is 37.5 Å². The fourth-order valence-corrected chi connectivity index (χ4v) is 5.34. The second-order valence-electron chi connectivity index (χ2n) is 7.30. The van der Waals surface area contributed by atoms with Crippen LogP contribution in [0.25, 0.3) is 10.2 Å². The summed E-state index contributed by atoms with van der Waals surface area (Å²) in [6.07, 6.45) is 0. The number of nitrogens with zero attached hydrogens (tertiary/aromatic N) is 1. The number of carbonyl (C=O) groups is 1. The van der Waals surface area contributed by atoms with Crippen molar-refractivity contribution < 1.29 is 22.7 Å². The van der Waals surface area contributed by atoms with Gasteiger partial charge in [-0.2, -0.15) is 0 Å². The number of aromatic nitrogens is 1. The number of benzene rings is 3. The Morgan fingerprint density at radius 1 is 0.970 bits per heavy atom. The van der Waals surface area contributed by atoms with Crippen LogP contribution in [0.5, 0.6) is 11.5 Å². The van der Waals surface area contributed by atoms with E-state index in [1.165, 1.54) is 23.5 Å². The fourth-order valence-electron chi connectivity index (χ4n) is 3.37. The Bertz CT molecular complexity index is 1420. The summed E-state index contributed by atoms with van der Waals surface area (Å²) in [6.45, 7) is 0.489. The predicted octanol–water partition coefficient (Wildman–Crippen LogP) is 3.43. The second kappa shape index (κ2) is 8.81. The van der Waals surface area contributed by atoms with Crippen LogP contribution in [0.4, 0.5) is 0 Å². The maximum Gasteiger partial charge on any atom is 0.251 e. The zero-order valence-electron chi connectivity index (χ0n) is 17.3. The number of rotatable bonds is 7. The van der Waals surface area contributed by atoms with Crippen molar-refractivity contribution in [2.75, 3.05) is 6.79 Å². The summed E-state index contributed by atoms with van der Waals surface area (Å²) in [5.41, 5.74) is 1.86. The van der Waals surface area contributed by atoms with Crippen molar-refractivity contribution in [3.05, 3.63) is 82.9 Å². The zero-order chi connectivity index (χ0) is 22.8. The molecule has 2 heterocycles. The molecule has 4 aromatic rings. The van der Waals surface area contributed by atoms with Crippen LogP contribution in [-0.2, 0) is 23.1 Å². The lowest BCUT2D eigenvalue weighted by atomic mass is 10.2. The Labute approximate surface area is 194 Å². The number of thiazole rings is 1. The van der Waals surface area contributed by atoms with Gasteiger partial charge in [-0.15, -0.1) is 11.3 Å². The normalized spacial score (nSPS) is 12.7. The molecule has 0 fully saturated rings. The molecule has 8 nitrogen and oxygen atoms in total. The van der Waals surface area contributed by atoms with Gasteiger partial charge in [-0.1, -0.05) is 24.3 Å². The molecule has 5 rings (SSSR count). The summed E-state index contributed by atoms with van der Waals surface area (Å²) < 4.78 is 39.8. The fraction of sp³-hybridized carbons (Fsp3) is 0.130. The van der Waals surface area contributed by atoms with E-state index in [0.29, 0.717) is 11.5 Å². The average Bonchev–Trinajstić information content (AvgIpc) is 3.47. The van der Waals surface area contributed by atoms with E-state index < -0.39 is 10.0 Å². The van der Waals surface area contributed by atoms with Crippen molar-refractivity contribution in [2.24, 2.45) is 0 Å². The lowest BCUT2D eigenvalue weighted by molar-refractivity contribution is 0.0950. The summed E-state index contributed by atoms with van der Waals surface area (Å²) in [5.74, 6) is 0.840. The number of sulfonamides is 1. The molecule has 1 aliphatic heterocycles. The highest BCUT2D eigenvalue weighted by molar-refractivity contribution is 7.89. The van der Waals surface area contributed by atoms with Gasteiger partial charge in [0.1, 0.15) is 5.01 Å². The molecule has 0 bridgehead atoms. The first-order valence-corrected chi connectivity index (χ1v) is 12.4. The standard InChI is InChI=1S/C23H19N3O5S2/c27-23(24-13-22-26-18-6-1-2-7-21(18)32-22)16-4-3-5-17(11-16)33(28,29)25-12-15-8-9-19-20(10-15)31-14-30-19/h1-11,25H,12-14H2,(H,24,27). The number of ether oxygens (including phenoxy) is 2. The number of amides is 1. The van der Waals surface area contributed by atoms with Gasteiger partial charge in [-0.05, 0) is 48.0 Å². The zero-order valence-corrected chi connectivity index (χ0v) is 18.9. The summed E-state index contributed by atoms with van der Waals surface area (Å²) in [4.78, 5) is 17.1. The van der Waals surface area contributed by atoms with Crippen molar-refractivity contribution in [3.63, 3.8) is 0 Å². The van der Waals surface area contributed by atoms with E-state index in [1.807, 2.05) is 24.3 Å². The minimum Gasteiger partial charge on any atom is -0.454 e. The Kier molecular flexibility index (Phi) is 5.71. The molecule has 33 heavy (non-hydrogen) atoms. The highest BCUT2D eigenvalue weighted by Gasteiger charge is 2.18. The van der Waals surface area contributed by atoms with Crippen LogP contribution < -0.4 is 19.5 Å². The average molecular weight is 482 g/mol. The number of hydrogen-bond acceptors (Lipinski definition) is 7. The third kappa shape index (κ3) is 4.68. The number of hydrogen-bond donors (Lipinski definition) is 2. The van der Waals surface area contributed by atoms with E-state index >= 15 is 0 Å². The summed E-state index contributed by atoms with van der Waals surface area (Å²) >= 11 is 1.51. The molecule has 0 saturated heterocycles. The molecule has 1 aromatic heterocycles. The predicted molar refractivity (Wildman–Crippen MR) is 124 cm³/mol. The number of nitrogens with one attached hydrogen (secondary N) is 2. The van der Waals surface area contributed by atoms with Gasteiger partial charge < -0.3 is 14.8 Å². The Balaban J connectivity index is 1.24. The van der Waals surface area contributed by atoms with Crippen LogP contribution in [0, 0.1) is 0 Å². The SMILES string of the molecule is O=C(NCc1nc2ccccc2s1)c1cccc(S(=O)(=O)NCc2ccc3c(c2)OCO3)c1.